The lowest BCUT2D eigenvalue weighted by Crippen LogP contribution is -2.10. The third kappa shape index (κ3) is 2.27. The van der Waals surface area contributed by atoms with E-state index in [2.05, 4.69) is 48.9 Å². The molecule has 0 amide bonds. The number of H-pyrrole nitrogens is 1. The molecule has 0 atom stereocenters. The van der Waals surface area contributed by atoms with Crippen LogP contribution >= 0.6 is 0 Å². The molecule has 3 rings (SSSR count). The number of benzene rings is 2. The van der Waals surface area contributed by atoms with Gasteiger partial charge in [0.25, 0.3) is 0 Å². The summed E-state index contributed by atoms with van der Waals surface area (Å²) in [6.07, 6.45) is 0. The van der Waals surface area contributed by atoms with Crippen LogP contribution in [0.15, 0.2) is 42.5 Å². The van der Waals surface area contributed by atoms with Crippen LogP contribution in [0.4, 0.5) is 5.69 Å². The second-order valence-electron chi connectivity index (χ2n) is 6.19. The van der Waals surface area contributed by atoms with E-state index < -0.39 is 0 Å². The number of hydrogen-bond acceptors (Lipinski definition) is 2. The van der Waals surface area contributed by atoms with Crippen LogP contribution in [0.25, 0.3) is 22.4 Å². The zero-order chi connectivity index (χ0) is 14.3. The molecule has 0 aliphatic carbocycles. The molecule has 0 bridgehead atoms. The van der Waals surface area contributed by atoms with Gasteiger partial charge in [0.1, 0.15) is 5.82 Å². The molecule has 1 heterocycles. The van der Waals surface area contributed by atoms with Crippen molar-refractivity contribution < 1.29 is 0 Å². The standard InChI is InChI=1S/C17H19N3/c1-17(2,3)12-7-8-14-15(10-12)20-16(19-14)11-5-4-6-13(18)9-11/h4-10H,18H2,1-3H3,(H,19,20). The number of aromatic nitrogens is 2. The summed E-state index contributed by atoms with van der Waals surface area (Å²) < 4.78 is 0. The minimum Gasteiger partial charge on any atom is -0.399 e. The van der Waals surface area contributed by atoms with Gasteiger partial charge in [-0.05, 0) is 35.2 Å². The number of imidazole rings is 1. The molecule has 3 heteroatoms. The van der Waals surface area contributed by atoms with E-state index in [4.69, 9.17) is 5.73 Å². The van der Waals surface area contributed by atoms with Crippen molar-refractivity contribution in [1.29, 1.82) is 0 Å². The molecule has 2 aromatic carbocycles. The van der Waals surface area contributed by atoms with E-state index in [9.17, 15) is 0 Å². The molecule has 0 saturated heterocycles. The van der Waals surface area contributed by atoms with Crippen LogP contribution in [0.1, 0.15) is 26.3 Å². The van der Waals surface area contributed by atoms with Gasteiger partial charge in [-0.3, -0.25) is 0 Å². The van der Waals surface area contributed by atoms with E-state index in [-0.39, 0.29) is 5.41 Å². The second kappa shape index (κ2) is 4.37. The second-order valence-corrected chi connectivity index (χ2v) is 6.19. The van der Waals surface area contributed by atoms with Crippen molar-refractivity contribution in [3.05, 3.63) is 48.0 Å². The van der Waals surface area contributed by atoms with Crippen molar-refractivity contribution in [3.8, 4) is 11.4 Å². The van der Waals surface area contributed by atoms with Gasteiger partial charge in [0.05, 0.1) is 11.0 Å². The van der Waals surface area contributed by atoms with Gasteiger partial charge in [-0.1, -0.05) is 39.0 Å². The van der Waals surface area contributed by atoms with Crippen LogP contribution in [0.2, 0.25) is 0 Å². The normalized spacial score (nSPS) is 11.9. The molecule has 0 aliphatic rings. The highest BCUT2D eigenvalue weighted by molar-refractivity contribution is 5.80. The van der Waals surface area contributed by atoms with E-state index in [0.29, 0.717) is 0 Å². The zero-order valence-corrected chi connectivity index (χ0v) is 12.1. The summed E-state index contributed by atoms with van der Waals surface area (Å²) in [5, 5.41) is 0. The smallest absolute Gasteiger partial charge is 0.138 e. The highest BCUT2D eigenvalue weighted by Gasteiger charge is 2.15. The van der Waals surface area contributed by atoms with Crippen molar-refractivity contribution in [2.75, 3.05) is 5.73 Å². The third-order valence-electron chi connectivity index (χ3n) is 3.51. The fraction of sp³-hybridized carbons (Fsp3) is 0.235. The van der Waals surface area contributed by atoms with E-state index in [1.165, 1.54) is 5.56 Å². The van der Waals surface area contributed by atoms with Gasteiger partial charge >= 0.3 is 0 Å². The highest BCUT2D eigenvalue weighted by atomic mass is 14.9. The first kappa shape index (κ1) is 12.7. The molecule has 0 unspecified atom stereocenters. The number of aromatic amines is 1. The molecule has 3 nitrogen and oxygen atoms in total. The predicted molar refractivity (Wildman–Crippen MR) is 84.6 cm³/mol. The number of nitrogens with zero attached hydrogens (tertiary/aromatic N) is 1. The van der Waals surface area contributed by atoms with Gasteiger partial charge in [0.15, 0.2) is 0 Å². The minimum absolute atomic E-state index is 0.136. The Labute approximate surface area is 118 Å². The first-order valence-corrected chi connectivity index (χ1v) is 6.80. The molecule has 20 heavy (non-hydrogen) atoms. The van der Waals surface area contributed by atoms with Crippen molar-refractivity contribution in [1.82, 2.24) is 9.97 Å². The van der Waals surface area contributed by atoms with E-state index in [1.807, 2.05) is 24.3 Å². The Balaban J connectivity index is 2.11. The summed E-state index contributed by atoms with van der Waals surface area (Å²) in [6.45, 7) is 6.63. The Hall–Kier alpha value is -2.29. The fourth-order valence-electron chi connectivity index (χ4n) is 2.30. The first-order chi connectivity index (χ1) is 9.43. The lowest BCUT2D eigenvalue weighted by atomic mass is 9.87. The molecule has 0 radical (unpaired) electrons. The summed E-state index contributed by atoms with van der Waals surface area (Å²) in [5.41, 5.74) is 11.1. The Bertz CT molecular complexity index is 763. The Kier molecular flexibility index (Phi) is 2.78. The van der Waals surface area contributed by atoms with Crippen LogP contribution in [0, 0.1) is 0 Å². The van der Waals surface area contributed by atoms with Gasteiger partial charge in [-0.2, -0.15) is 0 Å². The molecule has 102 valence electrons. The maximum Gasteiger partial charge on any atom is 0.138 e. The molecule has 0 spiro atoms. The SMILES string of the molecule is CC(C)(C)c1ccc2nc(-c3cccc(N)c3)[nH]c2c1. The molecule has 0 aliphatic heterocycles. The summed E-state index contributed by atoms with van der Waals surface area (Å²) in [4.78, 5) is 8.02. The third-order valence-corrected chi connectivity index (χ3v) is 3.51. The summed E-state index contributed by atoms with van der Waals surface area (Å²) in [6, 6.07) is 14.2. The van der Waals surface area contributed by atoms with Crippen molar-refractivity contribution >= 4 is 16.7 Å². The first-order valence-electron chi connectivity index (χ1n) is 6.80. The number of rotatable bonds is 1. The molecular formula is C17H19N3. The topological polar surface area (TPSA) is 54.7 Å². The minimum atomic E-state index is 0.136. The monoisotopic (exact) mass is 265 g/mol. The largest absolute Gasteiger partial charge is 0.399 e. The van der Waals surface area contributed by atoms with E-state index in [1.54, 1.807) is 0 Å². The number of fused-ring (bicyclic) bond motifs is 1. The average Bonchev–Trinajstić information content (AvgIpc) is 2.80. The van der Waals surface area contributed by atoms with Crippen LogP contribution in [-0.2, 0) is 5.41 Å². The van der Waals surface area contributed by atoms with Crippen molar-refractivity contribution in [3.63, 3.8) is 0 Å². The van der Waals surface area contributed by atoms with Crippen LogP contribution in [-0.4, -0.2) is 9.97 Å². The zero-order valence-electron chi connectivity index (χ0n) is 12.1. The Morgan fingerprint density at radius 3 is 2.55 bits per heavy atom. The number of nitrogens with one attached hydrogen (secondary N) is 1. The quantitative estimate of drug-likeness (QED) is 0.650. The summed E-state index contributed by atoms with van der Waals surface area (Å²) >= 11 is 0. The van der Waals surface area contributed by atoms with Gasteiger partial charge in [0.2, 0.25) is 0 Å². The number of hydrogen-bond donors (Lipinski definition) is 2. The maximum absolute atomic E-state index is 5.83. The van der Waals surface area contributed by atoms with Crippen LogP contribution < -0.4 is 5.73 Å². The summed E-state index contributed by atoms with van der Waals surface area (Å²) in [7, 11) is 0. The van der Waals surface area contributed by atoms with Crippen molar-refractivity contribution in [2.45, 2.75) is 26.2 Å². The predicted octanol–water partition coefficient (Wildman–Crippen LogP) is 4.11. The Morgan fingerprint density at radius 2 is 1.85 bits per heavy atom. The molecule has 3 N–H and O–H groups in total. The lowest BCUT2D eigenvalue weighted by Gasteiger charge is -2.18. The summed E-state index contributed by atoms with van der Waals surface area (Å²) in [5.74, 6) is 0.860. The average molecular weight is 265 g/mol. The maximum atomic E-state index is 5.83. The fourth-order valence-corrected chi connectivity index (χ4v) is 2.30. The van der Waals surface area contributed by atoms with E-state index >= 15 is 0 Å². The number of nitrogens with two attached hydrogens (primary N) is 1. The van der Waals surface area contributed by atoms with Crippen LogP contribution in [0.5, 0.6) is 0 Å². The van der Waals surface area contributed by atoms with Gasteiger partial charge < -0.3 is 10.7 Å². The molecular weight excluding hydrogens is 246 g/mol. The van der Waals surface area contributed by atoms with Gasteiger partial charge in [-0.15, -0.1) is 0 Å². The van der Waals surface area contributed by atoms with Gasteiger partial charge in [0, 0.05) is 11.3 Å². The van der Waals surface area contributed by atoms with Crippen LogP contribution in [0.3, 0.4) is 0 Å². The van der Waals surface area contributed by atoms with Gasteiger partial charge in [-0.25, -0.2) is 4.98 Å². The Morgan fingerprint density at radius 1 is 1.05 bits per heavy atom. The molecule has 1 aromatic heterocycles. The lowest BCUT2D eigenvalue weighted by molar-refractivity contribution is 0.591. The molecule has 3 aromatic rings. The number of anilines is 1. The number of nitrogen functional groups attached to an aromatic ring is 1. The van der Waals surface area contributed by atoms with Crippen molar-refractivity contribution in [2.24, 2.45) is 0 Å². The molecule has 0 saturated carbocycles. The highest BCUT2D eigenvalue weighted by Crippen LogP contribution is 2.27. The van der Waals surface area contributed by atoms with E-state index in [0.717, 1.165) is 28.1 Å². The molecule has 0 fully saturated rings.